The number of allylic oxidation sites excluding steroid dienone is 1. The first-order valence-corrected chi connectivity index (χ1v) is 6.95. The minimum atomic E-state index is 0.626. The highest BCUT2D eigenvalue weighted by Gasteiger charge is 2.22. The van der Waals surface area contributed by atoms with Crippen molar-refractivity contribution in [2.24, 2.45) is 0 Å². The lowest BCUT2D eigenvalue weighted by atomic mass is 9.89. The van der Waals surface area contributed by atoms with Crippen LogP contribution >= 0.6 is 0 Å². The Hall–Kier alpha value is -1.04. The van der Waals surface area contributed by atoms with E-state index in [0.717, 1.165) is 0 Å². The minimum absolute atomic E-state index is 0.626. The number of aryl methyl sites for hydroxylation is 2. The second-order valence-electron chi connectivity index (χ2n) is 5.44. The topological polar surface area (TPSA) is 0 Å². The van der Waals surface area contributed by atoms with E-state index < -0.39 is 0 Å². The van der Waals surface area contributed by atoms with E-state index in [9.17, 15) is 0 Å². The molecule has 0 heteroatoms. The van der Waals surface area contributed by atoms with E-state index in [1.165, 1.54) is 42.4 Å². The largest absolute Gasteiger partial charge is 0.0655 e. The molecule has 0 radical (unpaired) electrons. The van der Waals surface area contributed by atoms with Gasteiger partial charge in [-0.3, -0.25) is 0 Å². The lowest BCUT2D eigenvalue weighted by Crippen LogP contribution is -2.00. The zero-order valence-corrected chi connectivity index (χ0v) is 11.6. The third kappa shape index (κ3) is 2.31. The van der Waals surface area contributed by atoms with E-state index in [4.69, 9.17) is 0 Å². The van der Waals surface area contributed by atoms with Crippen molar-refractivity contribution < 1.29 is 0 Å². The van der Waals surface area contributed by atoms with Gasteiger partial charge in [0.05, 0.1) is 0 Å². The first-order chi connectivity index (χ1) is 8.15. The highest BCUT2D eigenvalue weighted by atomic mass is 14.3. The predicted octanol–water partition coefficient (Wildman–Crippen LogP) is 5.25. The fourth-order valence-electron chi connectivity index (χ4n) is 2.86. The monoisotopic (exact) mass is 228 g/mol. The molecule has 0 fully saturated rings. The average molecular weight is 228 g/mol. The number of fused-ring (bicyclic) bond motifs is 1. The summed E-state index contributed by atoms with van der Waals surface area (Å²) >= 11 is 0. The van der Waals surface area contributed by atoms with Crippen LogP contribution in [-0.4, -0.2) is 0 Å². The summed E-state index contributed by atoms with van der Waals surface area (Å²) in [5, 5.41) is 0. The molecule has 0 saturated heterocycles. The van der Waals surface area contributed by atoms with Crippen LogP contribution in [0.4, 0.5) is 0 Å². The van der Waals surface area contributed by atoms with Crippen LogP contribution in [0.3, 0.4) is 0 Å². The molecule has 0 saturated carbocycles. The fourth-order valence-corrected chi connectivity index (χ4v) is 2.86. The molecule has 2 rings (SSSR count). The van der Waals surface area contributed by atoms with Crippen molar-refractivity contribution in [2.45, 2.75) is 59.3 Å². The SMILES string of the molecule is CCCCCc1ccc(C)c2c1C(C)C(C)=C2. The van der Waals surface area contributed by atoms with Crippen LogP contribution in [0.25, 0.3) is 6.08 Å². The fraction of sp³-hybridized carbons (Fsp3) is 0.529. The molecule has 1 aliphatic rings. The van der Waals surface area contributed by atoms with Gasteiger partial charge in [0.25, 0.3) is 0 Å². The molecule has 1 atom stereocenters. The summed E-state index contributed by atoms with van der Waals surface area (Å²) in [4.78, 5) is 0. The van der Waals surface area contributed by atoms with Gasteiger partial charge in [-0.25, -0.2) is 0 Å². The Morgan fingerprint density at radius 3 is 2.59 bits per heavy atom. The van der Waals surface area contributed by atoms with Gasteiger partial charge in [-0.2, -0.15) is 0 Å². The highest BCUT2D eigenvalue weighted by Crippen LogP contribution is 2.39. The number of rotatable bonds is 4. The molecule has 1 aliphatic carbocycles. The maximum absolute atomic E-state index is 2.39. The number of hydrogen-bond acceptors (Lipinski definition) is 0. The summed E-state index contributed by atoms with van der Waals surface area (Å²) in [5.41, 5.74) is 7.65. The van der Waals surface area contributed by atoms with Gasteiger partial charge in [0.1, 0.15) is 0 Å². The number of unbranched alkanes of at least 4 members (excludes halogenated alkanes) is 2. The molecule has 0 heterocycles. The van der Waals surface area contributed by atoms with Gasteiger partial charge in [0.2, 0.25) is 0 Å². The molecule has 0 spiro atoms. The molecule has 1 aromatic carbocycles. The molecule has 1 aromatic rings. The van der Waals surface area contributed by atoms with E-state index in [1.54, 1.807) is 11.1 Å². The molecule has 0 bridgehead atoms. The van der Waals surface area contributed by atoms with E-state index in [2.05, 4.69) is 45.9 Å². The minimum Gasteiger partial charge on any atom is -0.0655 e. The lowest BCUT2D eigenvalue weighted by Gasteiger charge is -2.15. The van der Waals surface area contributed by atoms with Crippen LogP contribution in [0.15, 0.2) is 17.7 Å². The normalized spacial score (nSPS) is 18.1. The van der Waals surface area contributed by atoms with E-state index in [1.807, 2.05) is 0 Å². The highest BCUT2D eigenvalue weighted by molar-refractivity contribution is 5.70. The summed E-state index contributed by atoms with van der Waals surface area (Å²) in [6, 6.07) is 4.65. The van der Waals surface area contributed by atoms with Crippen molar-refractivity contribution in [3.8, 4) is 0 Å². The van der Waals surface area contributed by atoms with Crippen molar-refractivity contribution in [3.63, 3.8) is 0 Å². The van der Waals surface area contributed by atoms with Gasteiger partial charge in [-0.1, -0.05) is 50.5 Å². The van der Waals surface area contributed by atoms with Crippen LogP contribution in [0, 0.1) is 6.92 Å². The molecular formula is C17H24. The number of hydrogen-bond donors (Lipinski definition) is 0. The average Bonchev–Trinajstić information content (AvgIpc) is 2.61. The molecule has 0 N–H and O–H groups in total. The first-order valence-electron chi connectivity index (χ1n) is 6.95. The Balaban J connectivity index is 2.30. The Kier molecular flexibility index (Phi) is 3.71. The summed E-state index contributed by atoms with van der Waals surface area (Å²) in [6.45, 7) is 9.12. The Labute approximate surface area is 106 Å². The van der Waals surface area contributed by atoms with Crippen molar-refractivity contribution in [3.05, 3.63) is 40.0 Å². The third-order valence-corrected chi connectivity index (χ3v) is 4.13. The molecule has 1 unspecified atom stereocenters. The lowest BCUT2D eigenvalue weighted by molar-refractivity contribution is 0.710. The predicted molar refractivity (Wildman–Crippen MR) is 76.5 cm³/mol. The quantitative estimate of drug-likeness (QED) is 0.617. The maximum Gasteiger partial charge on any atom is 0.00291 e. The number of benzene rings is 1. The van der Waals surface area contributed by atoms with E-state index in [0.29, 0.717) is 5.92 Å². The van der Waals surface area contributed by atoms with Crippen LogP contribution in [-0.2, 0) is 6.42 Å². The zero-order chi connectivity index (χ0) is 12.4. The van der Waals surface area contributed by atoms with Gasteiger partial charge >= 0.3 is 0 Å². The zero-order valence-electron chi connectivity index (χ0n) is 11.6. The van der Waals surface area contributed by atoms with Gasteiger partial charge in [0, 0.05) is 5.92 Å². The van der Waals surface area contributed by atoms with Crippen LogP contribution in [0.5, 0.6) is 0 Å². The molecule has 17 heavy (non-hydrogen) atoms. The second-order valence-corrected chi connectivity index (χ2v) is 5.44. The third-order valence-electron chi connectivity index (χ3n) is 4.13. The smallest absolute Gasteiger partial charge is 0.00291 e. The Morgan fingerprint density at radius 2 is 1.88 bits per heavy atom. The van der Waals surface area contributed by atoms with E-state index in [-0.39, 0.29) is 0 Å². The van der Waals surface area contributed by atoms with Crippen LogP contribution in [0.2, 0.25) is 0 Å². The first kappa shape index (κ1) is 12.4. The van der Waals surface area contributed by atoms with Crippen molar-refractivity contribution in [1.29, 1.82) is 0 Å². The van der Waals surface area contributed by atoms with Crippen LogP contribution in [0.1, 0.15) is 68.2 Å². The summed E-state index contributed by atoms with van der Waals surface area (Å²) in [6.07, 6.45) is 7.63. The molecule has 0 nitrogen and oxygen atoms in total. The molecule has 0 aliphatic heterocycles. The standard InChI is InChI=1S/C17H24/c1-5-6-7-8-15-10-9-12(2)16-11-13(3)14(4)17(15)16/h9-11,14H,5-8H2,1-4H3. The van der Waals surface area contributed by atoms with Crippen molar-refractivity contribution >= 4 is 6.08 Å². The van der Waals surface area contributed by atoms with Crippen molar-refractivity contribution in [2.75, 3.05) is 0 Å². The summed E-state index contributed by atoms with van der Waals surface area (Å²) in [5.74, 6) is 0.626. The Morgan fingerprint density at radius 1 is 1.12 bits per heavy atom. The van der Waals surface area contributed by atoms with Gasteiger partial charge < -0.3 is 0 Å². The van der Waals surface area contributed by atoms with Crippen molar-refractivity contribution in [1.82, 2.24) is 0 Å². The molecular weight excluding hydrogens is 204 g/mol. The molecule has 0 amide bonds. The van der Waals surface area contributed by atoms with Gasteiger partial charge in [-0.05, 0) is 48.9 Å². The second kappa shape index (κ2) is 5.08. The van der Waals surface area contributed by atoms with Gasteiger partial charge in [-0.15, -0.1) is 0 Å². The maximum atomic E-state index is 2.39. The van der Waals surface area contributed by atoms with Crippen LogP contribution < -0.4 is 0 Å². The van der Waals surface area contributed by atoms with Gasteiger partial charge in [0.15, 0.2) is 0 Å². The molecule has 0 aromatic heterocycles. The Bertz CT molecular complexity index is 438. The molecule has 92 valence electrons. The summed E-state index contributed by atoms with van der Waals surface area (Å²) < 4.78 is 0. The summed E-state index contributed by atoms with van der Waals surface area (Å²) in [7, 11) is 0. The van der Waals surface area contributed by atoms with E-state index >= 15 is 0 Å².